The van der Waals surface area contributed by atoms with Crippen LogP contribution in [-0.2, 0) is 10.8 Å². The molecule has 0 N–H and O–H groups in total. The minimum absolute atomic E-state index is 0.0626. The largest absolute Gasteiger partial charge is 0.424 e. The second-order valence-corrected chi connectivity index (χ2v) is 5.94. The SMILES string of the molecule is FC(F)(F)C1(c2nnc(C34CCCC3C4)o2)CC1. The summed E-state index contributed by atoms with van der Waals surface area (Å²) in [6.45, 7) is 0. The van der Waals surface area contributed by atoms with Gasteiger partial charge in [-0.3, -0.25) is 0 Å². The van der Waals surface area contributed by atoms with E-state index < -0.39 is 11.6 Å². The van der Waals surface area contributed by atoms with Crippen LogP contribution in [0, 0.1) is 5.92 Å². The summed E-state index contributed by atoms with van der Waals surface area (Å²) in [5.41, 5.74) is -1.90. The Balaban J connectivity index is 1.68. The van der Waals surface area contributed by atoms with E-state index >= 15 is 0 Å². The lowest BCUT2D eigenvalue weighted by Gasteiger charge is -2.14. The lowest BCUT2D eigenvalue weighted by atomic mass is 10.0. The molecule has 0 amide bonds. The van der Waals surface area contributed by atoms with Crippen molar-refractivity contribution in [3.8, 4) is 0 Å². The van der Waals surface area contributed by atoms with Gasteiger partial charge in [0.25, 0.3) is 0 Å². The first kappa shape index (κ1) is 10.8. The molecule has 0 aromatic carbocycles. The number of halogens is 3. The third-order valence-electron chi connectivity index (χ3n) is 4.96. The first-order valence-corrected chi connectivity index (χ1v) is 6.39. The van der Waals surface area contributed by atoms with Crippen molar-refractivity contribution in [3.63, 3.8) is 0 Å². The van der Waals surface area contributed by atoms with Gasteiger partial charge in [-0.25, -0.2) is 0 Å². The molecule has 0 radical (unpaired) electrons. The Bertz CT molecular complexity index is 506. The number of nitrogens with zero attached hydrogens (tertiary/aromatic N) is 2. The van der Waals surface area contributed by atoms with Crippen molar-refractivity contribution in [2.45, 2.75) is 55.5 Å². The third-order valence-corrected chi connectivity index (χ3v) is 4.96. The van der Waals surface area contributed by atoms with Crippen molar-refractivity contribution < 1.29 is 17.6 Å². The van der Waals surface area contributed by atoms with Gasteiger partial charge in [0.15, 0.2) is 0 Å². The van der Waals surface area contributed by atoms with E-state index in [2.05, 4.69) is 10.2 Å². The van der Waals surface area contributed by atoms with E-state index in [0.29, 0.717) is 11.8 Å². The summed E-state index contributed by atoms with van der Waals surface area (Å²) in [4.78, 5) is 0. The standard InChI is InChI=1S/C12H13F3N2O/c13-12(14,15)11(4-5-11)9-17-16-8(18-9)10-3-1-2-7(10)6-10/h7H,1-6H2. The van der Waals surface area contributed by atoms with Crippen LogP contribution in [0.3, 0.4) is 0 Å². The van der Waals surface area contributed by atoms with Crippen LogP contribution >= 0.6 is 0 Å². The molecule has 3 fully saturated rings. The molecule has 0 bridgehead atoms. The first-order chi connectivity index (χ1) is 8.48. The van der Waals surface area contributed by atoms with Crippen molar-refractivity contribution in [1.29, 1.82) is 0 Å². The molecule has 1 aromatic rings. The average Bonchev–Trinajstić information content (AvgIpc) is 3.16. The number of alkyl halides is 3. The molecule has 18 heavy (non-hydrogen) atoms. The smallest absolute Gasteiger partial charge is 0.403 e. The van der Waals surface area contributed by atoms with Crippen molar-refractivity contribution >= 4 is 0 Å². The Morgan fingerprint density at radius 2 is 1.83 bits per heavy atom. The summed E-state index contributed by atoms with van der Waals surface area (Å²) >= 11 is 0. The lowest BCUT2D eigenvalue weighted by molar-refractivity contribution is -0.165. The third kappa shape index (κ3) is 1.16. The zero-order valence-electron chi connectivity index (χ0n) is 9.76. The number of hydrogen-bond donors (Lipinski definition) is 0. The van der Waals surface area contributed by atoms with Crippen LogP contribution in [0.5, 0.6) is 0 Å². The van der Waals surface area contributed by atoms with Crippen LogP contribution in [-0.4, -0.2) is 16.4 Å². The minimum Gasteiger partial charge on any atom is -0.424 e. The van der Waals surface area contributed by atoms with Crippen LogP contribution in [0.1, 0.15) is 50.3 Å². The maximum Gasteiger partial charge on any atom is 0.403 e. The van der Waals surface area contributed by atoms with Crippen molar-refractivity contribution in [1.82, 2.24) is 10.2 Å². The summed E-state index contributed by atoms with van der Waals surface area (Å²) in [5.74, 6) is 0.805. The highest BCUT2D eigenvalue weighted by molar-refractivity contribution is 5.25. The molecule has 3 nitrogen and oxygen atoms in total. The molecule has 4 rings (SSSR count). The summed E-state index contributed by atoms with van der Waals surface area (Å²) in [5, 5.41) is 7.61. The molecule has 98 valence electrons. The zero-order chi connectivity index (χ0) is 12.6. The topological polar surface area (TPSA) is 38.9 Å². The summed E-state index contributed by atoms with van der Waals surface area (Å²) in [6.07, 6.45) is 0.136. The lowest BCUT2D eigenvalue weighted by Crippen LogP contribution is -2.29. The van der Waals surface area contributed by atoms with Crippen LogP contribution in [0.25, 0.3) is 0 Å². The van der Waals surface area contributed by atoms with E-state index in [1.807, 2.05) is 0 Å². The molecular formula is C12H13F3N2O. The van der Waals surface area contributed by atoms with Gasteiger partial charge in [-0.2, -0.15) is 13.2 Å². The molecule has 2 atom stereocenters. The molecule has 0 aliphatic heterocycles. The van der Waals surface area contributed by atoms with Crippen LogP contribution < -0.4 is 0 Å². The highest BCUT2D eigenvalue weighted by Crippen LogP contribution is 2.65. The number of rotatable bonds is 2. The van der Waals surface area contributed by atoms with Gasteiger partial charge in [-0.1, -0.05) is 6.42 Å². The van der Waals surface area contributed by atoms with Gasteiger partial charge in [0.1, 0.15) is 5.41 Å². The second-order valence-electron chi connectivity index (χ2n) is 5.94. The van der Waals surface area contributed by atoms with E-state index in [4.69, 9.17) is 4.42 Å². The number of aromatic nitrogens is 2. The van der Waals surface area contributed by atoms with Gasteiger partial charge >= 0.3 is 6.18 Å². The van der Waals surface area contributed by atoms with E-state index in [0.717, 1.165) is 25.7 Å². The Labute approximate surface area is 102 Å². The fraction of sp³-hybridized carbons (Fsp3) is 0.833. The molecule has 3 saturated carbocycles. The number of hydrogen-bond acceptors (Lipinski definition) is 3. The van der Waals surface area contributed by atoms with Gasteiger partial charge in [-0.05, 0) is 38.0 Å². The van der Waals surface area contributed by atoms with Crippen molar-refractivity contribution in [2.75, 3.05) is 0 Å². The van der Waals surface area contributed by atoms with Crippen LogP contribution in [0.15, 0.2) is 4.42 Å². The maximum atomic E-state index is 12.9. The van der Waals surface area contributed by atoms with Crippen LogP contribution in [0.2, 0.25) is 0 Å². The average molecular weight is 258 g/mol. The van der Waals surface area contributed by atoms with Crippen molar-refractivity contribution in [3.05, 3.63) is 11.8 Å². The molecule has 0 spiro atoms. The van der Waals surface area contributed by atoms with Gasteiger partial charge in [0.2, 0.25) is 11.8 Å². The fourth-order valence-corrected chi connectivity index (χ4v) is 3.46. The van der Waals surface area contributed by atoms with Crippen LogP contribution in [0.4, 0.5) is 13.2 Å². The summed E-state index contributed by atoms with van der Waals surface area (Å²) in [6, 6.07) is 0. The predicted molar refractivity (Wildman–Crippen MR) is 54.9 cm³/mol. The zero-order valence-corrected chi connectivity index (χ0v) is 9.76. The Hall–Kier alpha value is -1.07. The minimum atomic E-state index is -4.27. The summed E-state index contributed by atoms with van der Waals surface area (Å²) in [7, 11) is 0. The monoisotopic (exact) mass is 258 g/mol. The van der Waals surface area contributed by atoms with Gasteiger partial charge < -0.3 is 4.42 Å². The molecule has 1 heterocycles. The van der Waals surface area contributed by atoms with E-state index in [1.165, 1.54) is 0 Å². The highest BCUT2D eigenvalue weighted by Gasteiger charge is 2.69. The molecular weight excluding hydrogens is 245 g/mol. The van der Waals surface area contributed by atoms with E-state index in [-0.39, 0.29) is 24.1 Å². The van der Waals surface area contributed by atoms with E-state index in [9.17, 15) is 13.2 Å². The second kappa shape index (κ2) is 2.91. The molecule has 3 aliphatic rings. The molecule has 0 saturated heterocycles. The molecule has 3 aliphatic carbocycles. The van der Waals surface area contributed by atoms with Gasteiger partial charge in [0, 0.05) is 0 Å². The van der Waals surface area contributed by atoms with Crippen molar-refractivity contribution in [2.24, 2.45) is 5.92 Å². The summed E-state index contributed by atoms with van der Waals surface area (Å²) < 4.78 is 44.3. The molecule has 6 heteroatoms. The van der Waals surface area contributed by atoms with Gasteiger partial charge in [0.05, 0.1) is 5.41 Å². The quantitative estimate of drug-likeness (QED) is 0.818. The normalized spacial score (nSPS) is 36.5. The fourth-order valence-electron chi connectivity index (χ4n) is 3.46. The molecule has 2 unspecified atom stereocenters. The Kier molecular flexibility index (Phi) is 1.75. The first-order valence-electron chi connectivity index (χ1n) is 6.39. The highest BCUT2D eigenvalue weighted by atomic mass is 19.4. The predicted octanol–water partition coefficient (Wildman–Crippen LogP) is 3.11. The molecule has 1 aromatic heterocycles. The maximum absolute atomic E-state index is 12.9. The number of fused-ring (bicyclic) bond motifs is 1. The Morgan fingerprint density at radius 3 is 2.33 bits per heavy atom. The van der Waals surface area contributed by atoms with Gasteiger partial charge in [-0.15, -0.1) is 10.2 Å². The van der Waals surface area contributed by atoms with E-state index in [1.54, 1.807) is 0 Å². The Morgan fingerprint density at radius 1 is 1.11 bits per heavy atom.